The van der Waals surface area contributed by atoms with Crippen LogP contribution in [0.15, 0.2) is 67.0 Å². The van der Waals surface area contributed by atoms with Gasteiger partial charge in [0.1, 0.15) is 24.1 Å². The number of pyridine rings is 1. The second-order valence-corrected chi connectivity index (χ2v) is 11.8. The number of nitrogens with one attached hydrogen (secondary N) is 3. The van der Waals surface area contributed by atoms with Crippen LogP contribution in [-0.4, -0.2) is 66.4 Å². The van der Waals surface area contributed by atoms with Gasteiger partial charge in [0, 0.05) is 23.7 Å². The quantitative estimate of drug-likeness (QED) is 0.143. The molecule has 0 aliphatic rings. The first-order chi connectivity index (χ1) is 22.9. The summed E-state index contributed by atoms with van der Waals surface area (Å²) in [5.74, 6) is -12.3. The molecule has 1 heterocycles. The van der Waals surface area contributed by atoms with Gasteiger partial charge in [-0.3, -0.25) is 24.2 Å². The van der Waals surface area contributed by atoms with Crippen LogP contribution in [0.1, 0.15) is 31.0 Å². The van der Waals surface area contributed by atoms with Crippen molar-refractivity contribution >= 4 is 46.7 Å². The lowest BCUT2D eigenvalue weighted by atomic mass is 9.94. The van der Waals surface area contributed by atoms with Crippen LogP contribution in [0, 0.1) is 5.92 Å². The molecule has 0 radical (unpaired) electrons. The van der Waals surface area contributed by atoms with E-state index in [0.717, 1.165) is 5.32 Å². The van der Waals surface area contributed by atoms with Gasteiger partial charge in [-0.2, -0.15) is 22.0 Å². The zero-order valence-electron chi connectivity index (χ0n) is 26.1. The number of carbonyl (C=O) groups is 4. The van der Waals surface area contributed by atoms with Crippen LogP contribution in [0.4, 0.5) is 22.0 Å². The molecule has 3 N–H and O–H groups in total. The molecule has 2 aromatic carbocycles. The summed E-state index contributed by atoms with van der Waals surface area (Å²) in [6.07, 6.45) is -3.83. The molecule has 0 unspecified atom stereocenters. The van der Waals surface area contributed by atoms with Crippen molar-refractivity contribution in [2.45, 2.75) is 50.6 Å². The molecule has 264 valence electrons. The van der Waals surface area contributed by atoms with Crippen molar-refractivity contribution in [2.24, 2.45) is 5.92 Å². The Morgan fingerprint density at radius 1 is 0.857 bits per heavy atom. The zero-order valence-corrected chi connectivity index (χ0v) is 27.6. The number of alkyl halides is 5. The molecule has 0 aliphatic carbocycles. The molecule has 49 heavy (non-hydrogen) atoms. The van der Waals surface area contributed by atoms with E-state index in [-0.39, 0.29) is 22.8 Å². The van der Waals surface area contributed by atoms with Crippen molar-refractivity contribution in [3.05, 3.63) is 88.2 Å². The maximum absolute atomic E-state index is 14.8. The number of halogens is 7. The Hall–Kier alpha value is -4.50. The van der Waals surface area contributed by atoms with Gasteiger partial charge in [0.25, 0.3) is 11.8 Å². The summed E-state index contributed by atoms with van der Waals surface area (Å²) < 4.78 is 78.3. The molecular formula is C32H31Cl2F5N4O6. The zero-order chi connectivity index (χ0) is 36.5. The van der Waals surface area contributed by atoms with Crippen molar-refractivity contribution in [1.82, 2.24) is 20.9 Å². The van der Waals surface area contributed by atoms with Gasteiger partial charge in [0.05, 0.1) is 24.4 Å². The highest BCUT2D eigenvalue weighted by atomic mass is 35.5. The maximum atomic E-state index is 14.8. The van der Waals surface area contributed by atoms with E-state index in [2.05, 4.69) is 15.6 Å². The average molecular weight is 734 g/mol. The average Bonchev–Trinajstić information content (AvgIpc) is 3.03. The predicted molar refractivity (Wildman–Crippen MR) is 168 cm³/mol. The smallest absolute Gasteiger partial charge is 0.405 e. The van der Waals surface area contributed by atoms with Crippen molar-refractivity contribution in [1.29, 1.82) is 0 Å². The molecule has 3 aromatic rings. The summed E-state index contributed by atoms with van der Waals surface area (Å²) in [4.78, 5) is 56.3. The van der Waals surface area contributed by atoms with Crippen LogP contribution < -0.4 is 25.4 Å². The lowest BCUT2D eigenvalue weighted by Gasteiger charge is -2.28. The fraction of sp³-hybridized carbons (Fsp3) is 0.344. The molecule has 0 saturated heterocycles. The number of hydrogen-bond acceptors (Lipinski definition) is 7. The SMILES string of the molecule is COc1ccc([C@H](NC(=O)[C@@H](Cc2cccc(Cl)c2)Oc2cncc(Cl)c2)C(=O)N[C@H](C(=O)C(F)(F)C(=O)NCC(F)(F)F)C(C)C)cc1. The number of Topliss-reactive ketones (excluding diaryl/α,β-unsaturated/α-hetero) is 1. The number of nitrogens with zero attached hydrogens (tertiary/aromatic N) is 1. The summed E-state index contributed by atoms with van der Waals surface area (Å²) >= 11 is 12.1. The van der Waals surface area contributed by atoms with Crippen molar-refractivity contribution in [3.8, 4) is 11.5 Å². The Bertz CT molecular complexity index is 1600. The summed E-state index contributed by atoms with van der Waals surface area (Å²) in [5, 5.41) is 6.20. The van der Waals surface area contributed by atoms with E-state index < -0.39 is 66.3 Å². The van der Waals surface area contributed by atoms with Crippen molar-refractivity contribution < 1.29 is 50.6 Å². The molecule has 17 heteroatoms. The van der Waals surface area contributed by atoms with Gasteiger partial charge in [0.2, 0.25) is 11.7 Å². The van der Waals surface area contributed by atoms with E-state index in [1.807, 2.05) is 0 Å². The third-order valence-corrected chi connectivity index (χ3v) is 7.29. The lowest BCUT2D eigenvalue weighted by molar-refractivity contribution is -0.165. The number of rotatable bonds is 15. The molecule has 1 aromatic heterocycles. The second-order valence-electron chi connectivity index (χ2n) is 11.0. The Morgan fingerprint density at radius 2 is 1.53 bits per heavy atom. The van der Waals surface area contributed by atoms with E-state index in [1.54, 1.807) is 24.3 Å². The standard InChI is InChI=1S/C32H31Cl2F5N4O6/c1-17(2)25(27(44)32(38,39)30(47)41-16-31(35,36)37)42-29(46)26(19-7-9-22(48-3)10-8-19)43-28(45)24(12-18-5-4-6-20(33)11-18)49-23-13-21(34)14-40-15-23/h4-11,13-15,17,24-26H,12,16H2,1-3H3,(H,41,47)(H,42,46)(H,43,45)/t24-,25+,26+/m1/s1. The van der Waals surface area contributed by atoms with Crippen molar-refractivity contribution in [3.63, 3.8) is 0 Å². The Labute approximate surface area is 287 Å². The van der Waals surface area contributed by atoms with Gasteiger partial charge in [-0.15, -0.1) is 0 Å². The second kappa shape index (κ2) is 16.7. The lowest BCUT2D eigenvalue weighted by Crippen LogP contribution is -2.58. The normalized spacial score (nSPS) is 13.5. The number of aromatic nitrogens is 1. The fourth-order valence-electron chi connectivity index (χ4n) is 4.39. The molecule has 10 nitrogen and oxygen atoms in total. The van der Waals surface area contributed by atoms with Gasteiger partial charge in [-0.25, -0.2) is 0 Å². The fourth-order valence-corrected chi connectivity index (χ4v) is 4.77. The van der Waals surface area contributed by atoms with Crippen LogP contribution in [0.3, 0.4) is 0 Å². The number of ether oxygens (including phenoxy) is 2. The third-order valence-electron chi connectivity index (χ3n) is 6.85. The molecule has 3 amide bonds. The Balaban J connectivity index is 1.95. The van der Waals surface area contributed by atoms with Crippen LogP contribution in [0.2, 0.25) is 10.0 Å². The number of amides is 3. The van der Waals surface area contributed by atoms with Crippen LogP contribution in [0.25, 0.3) is 0 Å². The van der Waals surface area contributed by atoms with Gasteiger partial charge in [-0.05, 0) is 41.3 Å². The predicted octanol–water partition coefficient (Wildman–Crippen LogP) is 5.27. The first kappa shape index (κ1) is 38.9. The molecule has 3 rings (SSSR count). The summed E-state index contributed by atoms with van der Waals surface area (Å²) in [7, 11) is 1.38. The van der Waals surface area contributed by atoms with E-state index in [0.29, 0.717) is 16.3 Å². The van der Waals surface area contributed by atoms with E-state index in [9.17, 15) is 41.1 Å². The maximum Gasteiger partial charge on any atom is 0.405 e. The first-order valence-corrected chi connectivity index (χ1v) is 15.2. The number of methoxy groups -OCH3 is 1. The topological polar surface area (TPSA) is 136 Å². The van der Waals surface area contributed by atoms with Crippen LogP contribution in [0.5, 0.6) is 11.5 Å². The summed E-state index contributed by atoms with van der Waals surface area (Å²) in [6, 6.07) is 9.85. The first-order valence-electron chi connectivity index (χ1n) is 14.4. The van der Waals surface area contributed by atoms with Crippen LogP contribution >= 0.6 is 23.2 Å². The number of ketones is 1. The molecular weight excluding hydrogens is 702 g/mol. The van der Waals surface area contributed by atoms with Gasteiger partial charge >= 0.3 is 12.1 Å². The number of benzene rings is 2. The molecule has 0 spiro atoms. The van der Waals surface area contributed by atoms with E-state index in [4.69, 9.17) is 32.7 Å². The van der Waals surface area contributed by atoms with E-state index >= 15 is 0 Å². The highest BCUT2D eigenvalue weighted by Crippen LogP contribution is 2.25. The monoisotopic (exact) mass is 732 g/mol. The Kier molecular flexibility index (Phi) is 13.3. The minimum atomic E-state index is -5.03. The third kappa shape index (κ3) is 11.3. The van der Waals surface area contributed by atoms with Crippen LogP contribution in [-0.2, 0) is 25.6 Å². The Morgan fingerprint density at radius 3 is 2.10 bits per heavy atom. The highest BCUT2D eigenvalue weighted by Gasteiger charge is 2.52. The summed E-state index contributed by atoms with van der Waals surface area (Å²) in [6.45, 7) is 0.422. The number of hydrogen-bond donors (Lipinski definition) is 3. The number of carbonyl (C=O) groups excluding carboxylic acids is 4. The molecule has 0 bridgehead atoms. The molecule has 0 saturated carbocycles. The van der Waals surface area contributed by atoms with Gasteiger partial charge in [-0.1, -0.05) is 61.3 Å². The molecule has 3 atom stereocenters. The molecule has 0 aliphatic heterocycles. The molecule has 0 fully saturated rings. The highest BCUT2D eigenvalue weighted by molar-refractivity contribution is 6.30. The van der Waals surface area contributed by atoms with E-state index in [1.165, 1.54) is 63.7 Å². The van der Waals surface area contributed by atoms with Gasteiger partial charge in [0.15, 0.2) is 6.10 Å². The minimum absolute atomic E-state index is 0.0811. The summed E-state index contributed by atoms with van der Waals surface area (Å²) in [5.41, 5.74) is 0.673. The van der Waals surface area contributed by atoms with Crippen molar-refractivity contribution in [2.75, 3.05) is 13.7 Å². The minimum Gasteiger partial charge on any atom is -0.497 e. The largest absolute Gasteiger partial charge is 0.497 e. The van der Waals surface area contributed by atoms with Gasteiger partial charge < -0.3 is 25.4 Å².